The second-order valence-electron chi connectivity index (χ2n) is 5.34. The quantitative estimate of drug-likeness (QED) is 0.889. The number of nitrogens with zero attached hydrogens (tertiary/aromatic N) is 1. The van der Waals surface area contributed by atoms with Crippen molar-refractivity contribution < 1.29 is 13.2 Å². The molecule has 0 spiro atoms. The molecule has 19 heavy (non-hydrogen) atoms. The Kier molecular flexibility index (Phi) is 3.99. The Bertz CT molecular complexity index is 408. The monoisotopic (exact) mass is 273 g/mol. The van der Waals surface area contributed by atoms with Crippen molar-refractivity contribution in [3.63, 3.8) is 0 Å². The van der Waals surface area contributed by atoms with E-state index >= 15 is 0 Å². The van der Waals surface area contributed by atoms with E-state index < -0.39 is 11.7 Å². The summed E-state index contributed by atoms with van der Waals surface area (Å²) in [4.78, 5) is 3.81. The number of halogens is 3. The third kappa shape index (κ3) is 3.83. The first-order valence-corrected chi connectivity index (χ1v) is 6.37. The molecule has 0 bridgehead atoms. The largest absolute Gasteiger partial charge is 0.417 e. The predicted octanol–water partition coefficient (Wildman–Crippen LogP) is 2.90. The van der Waals surface area contributed by atoms with Crippen LogP contribution in [-0.2, 0) is 6.18 Å². The summed E-state index contributed by atoms with van der Waals surface area (Å²) in [5.74, 6) is 0.493. The molecule has 1 aliphatic rings. The topological polar surface area (TPSA) is 37.0 Å². The molecule has 3 nitrogen and oxygen atoms in total. The molecule has 2 rings (SSSR count). The van der Waals surface area contributed by atoms with E-state index in [1.165, 1.54) is 6.07 Å². The van der Waals surface area contributed by atoms with E-state index in [4.69, 9.17) is 0 Å². The number of rotatable bonds is 3. The molecule has 1 aromatic heterocycles. The minimum atomic E-state index is -4.33. The average Bonchev–Trinajstić information content (AvgIpc) is 2.37. The maximum atomic E-state index is 12.4. The van der Waals surface area contributed by atoms with E-state index in [1.54, 1.807) is 0 Å². The molecule has 2 heterocycles. The number of nitrogens with one attached hydrogen (secondary N) is 2. The molecule has 0 aliphatic carbocycles. The molecule has 2 N–H and O–H groups in total. The maximum absolute atomic E-state index is 12.4. The lowest BCUT2D eigenvalue weighted by Crippen LogP contribution is -2.39. The van der Waals surface area contributed by atoms with Gasteiger partial charge in [0.05, 0.1) is 5.56 Å². The predicted molar refractivity (Wildman–Crippen MR) is 67.9 cm³/mol. The van der Waals surface area contributed by atoms with Crippen LogP contribution in [0, 0.1) is 5.41 Å². The van der Waals surface area contributed by atoms with Gasteiger partial charge in [-0.15, -0.1) is 0 Å². The molecule has 1 aliphatic heterocycles. The fourth-order valence-corrected chi connectivity index (χ4v) is 2.18. The molecule has 0 aromatic carbocycles. The van der Waals surface area contributed by atoms with Gasteiger partial charge >= 0.3 is 6.18 Å². The molecule has 1 aromatic rings. The number of hydrogen-bond acceptors (Lipinski definition) is 3. The van der Waals surface area contributed by atoms with Gasteiger partial charge in [0, 0.05) is 12.7 Å². The molecule has 0 radical (unpaired) electrons. The Morgan fingerprint density at radius 3 is 2.53 bits per heavy atom. The van der Waals surface area contributed by atoms with Crippen LogP contribution in [0.3, 0.4) is 0 Å². The first kappa shape index (κ1) is 14.1. The highest BCUT2D eigenvalue weighted by molar-refractivity contribution is 5.36. The van der Waals surface area contributed by atoms with Crippen molar-refractivity contribution in [2.75, 3.05) is 25.0 Å². The van der Waals surface area contributed by atoms with Crippen molar-refractivity contribution >= 4 is 5.82 Å². The van der Waals surface area contributed by atoms with Crippen molar-refractivity contribution in [2.45, 2.75) is 25.9 Å². The third-order valence-corrected chi connectivity index (χ3v) is 3.60. The van der Waals surface area contributed by atoms with Crippen molar-refractivity contribution in [2.24, 2.45) is 5.41 Å². The Morgan fingerprint density at radius 2 is 2.00 bits per heavy atom. The zero-order valence-electron chi connectivity index (χ0n) is 10.8. The molecule has 1 fully saturated rings. The zero-order valence-corrected chi connectivity index (χ0v) is 10.8. The maximum Gasteiger partial charge on any atom is 0.417 e. The molecule has 1 saturated heterocycles. The molecule has 6 heteroatoms. The van der Waals surface area contributed by atoms with Crippen LogP contribution in [0.4, 0.5) is 19.0 Å². The van der Waals surface area contributed by atoms with E-state index in [0.29, 0.717) is 5.82 Å². The van der Waals surface area contributed by atoms with E-state index in [0.717, 1.165) is 44.7 Å². The average molecular weight is 273 g/mol. The molecular weight excluding hydrogens is 255 g/mol. The Morgan fingerprint density at radius 1 is 1.32 bits per heavy atom. The lowest BCUT2D eigenvalue weighted by atomic mass is 9.81. The van der Waals surface area contributed by atoms with Crippen molar-refractivity contribution in [3.8, 4) is 0 Å². The van der Waals surface area contributed by atoms with Crippen LogP contribution in [0.2, 0.25) is 0 Å². The van der Waals surface area contributed by atoms with Gasteiger partial charge in [0.2, 0.25) is 0 Å². The van der Waals surface area contributed by atoms with Crippen LogP contribution in [0.1, 0.15) is 25.3 Å². The molecule has 0 saturated carbocycles. The summed E-state index contributed by atoms with van der Waals surface area (Å²) in [7, 11) is 0. The van der Waals surface area contributed by atoms with Gasteiger partial charge in [0.15, 0.2) is 0 Å². The summed E-state index contributed by atoms with van der Waals surface area (Å²) < 4.78 is 37.2. The van der Waals surface area contributed by atoms with Gasteiger partial charge in [-0.2, -0.15) is 13.2 Å². The fourth-order valence-electron chi connectivity index (χ4n) is 2.18. The van der Waals surface area contributed by atoms with Gasteiger partial charge in [-0.3, -0.25) is 0 Å². The van der Waals surface area contributed by atoms with Crippen LogP contribution >= 0.6 is 0 Å². The van der Waals surface area contributed by atoms with Gasteiger partial charge in [0.25, 0.3) is 0 Å². The second-order valence-corrected chi connectivity index (χ2v) is 5.34. The number of aromatic nitrogens is 1. The Labute approximate surface area is 110 Å². The smallest absolute Gasteiger partial charge is 0.370 e. The summed E-state index contributed by atoms with van der Waals surface area (Å²) in [6, 6.07) is 2.44. The second kappa shape index (κ2) is 5.36. The zero-order chi connectivity index (χ0) is 13.9. The van der Waals surface area contributed by atoms with Crippen LogP contribution in [0.25, 0.3) is 0 Å². The van der Waals surface area contributed by atoms with E-state index in [1.807, 2.05) is 0 Å². The minimum Gasteiger partial charge on any atom is -0.370 e. The van der Waals surface area contributed by atoms with E-state index in [-0.39, 0.29) is 5.41 Å². The van der Waals surface area contributed by atoms with Crippen molar-refractivity contribution in [1.29, 1.82) is 0 Å². The summed E-state index contributed by atoms with van der Waals surface area (Å²) >= 11 is 0. The van der Waals surface area contributed by atoms with Gasteiger partial charge in [-0.1, -0.05) is 6.92 Å². The lowest BCUT2D eigenvalue weighted by Gasteiger charge is -2.34. The third-order valence-electron chi connectivity index (χ3n) is 3.60. The van der Waals surface area contributed by atoms with E-state index in [9.17, 15) is 13.2 Å². The summed E-state index contributed by atoms with van der Waals surface area (Å²) in [6.07, 6.45) is -1.35. The highest BCUT2D eigenvalue weighted by atomic mass is 19.4. The number of pyridine rings is 1. The number of anilines is 1. The lowest BCUT2D eigenvalue weighted by molar-refractivity contribution is -0.137. The highest BCUT2D eigenvalue weighted by Crippen LogP contribution is 2.30. The summed E-state index contributed by atoms with van der Waals surface area (Å²) in [5.41, 5.74) is -0.540. The Hall–Kier alpha value is -1.30. The SMILES string of the molecule is CC1(CNc2ccc(C(F)(F)F)cn2)CCNCC1. The summed E-state index contributed by atoms with van der Waals surface area (Å²) in [6.45, 7) is 4.88. The van der Waals surface area contributed by atoms with Gasteiger partial charge in [0.1, 0.15) is 5.82 Å². The van der Waals surface area contributed by atoms with Crippen molar-refractivity contribution in [3.05, 3.63) is 23.9 Å². The van der Waals surface area contributed by atoms with Gasteiger partial charge in [-0.25, -0.2) is 4.98 Å². The molecule has 0 amide bonds. The molecule has 0 atom stereocenters. The number of alkyl halides is 3. The molecule has 0 unspecified atom stereocenters. The molecular formula is C13H18F3N3. The normalized spacial score (nSPS) is 19.2. The number of piperidine rings is 1. The van der Waals surface area contributed by atoms with Crippen LogP contribution in [-0.4, -0.2) is 24.6 Å². The van der Waals surface area contributed by atoms with E-state index in [2.05, 4.69) is 22.5 Å². The van der Waals surface area contributed by atoms with Gasteiger partial charge in [-0.05, 0) is 43.5 Å². The fraction of sp³-hybridized carbons (Fsp3) is 0.615. The highest BCUT2D eigenvalue weighted by Gasteiger charge is 2.31. The first-order chi connectivity index (χ1) is 8.89. The molecule has 106 valence electrons. The first-order valence-electron chi connectivity index (χ1n) is 6.37. The minimum absolute atomic E-state index is 0.176. The van der Waals surface area contributed by atoms with Crippen LogP contribution < -0.4 is 10.6 Å². The van der Waals surface area contributed by atoms with Crippen LogP contribution in [0.15, 0.2) is 18.3 Å². The van der Waals surface area contributed by atoms with Gasteiger partial charge < -0.3 is 10.6 Å². The van der Waals surface area contributed by atoms with Crippen LogP contribution in [0.5, 0.6) is 0 Å². The number of hydrogen-bond donors (Lipinski definition) is 2. The van der Waals surface area contributed by atoms with Crippen molar-refractivity contribution in [1.82, 2.24) is 10.3 Å². The standard InChI is InChI=1S/C13H18F3N3/c1-12(4-6-17-7-5-12)9-19-11-3-2-10(8-18-11)13(14,15)16/h2-3,8,17H,4-7,9H2,1H3,(H,18,19). The summed E-state index contributed by atoms with van der Waals surface area (Å²) in [5, 5.41) is 6.42. The Balaban J connectivity index is 1.93.